The van der Waals surface area contributed by atoms with Crippen LogP contribution in [0.15, 0.2) is 4.42 Å². The minimum absolute atomic E-state index is 0.0892. The average molecular weight is 278 g/mol. The second-order valence-corrected chi connectivity index (χ2v) is 6.28. The summed E-state index contributed by atoms with van der Waals surface area (Å²) in [6.07, 6.45) is 3.72. The van der Waals surface area contributed by atoms with E-state index in [-0.39, 0.29) is 18.1 Å². The summed E-state index contributed by atoms with van der Waals surface area (Å²) >= 11 is 0. The van der Waals surface area contributed by atoms with Gasteiger partial charge in [0.2, 0.25) is 11.8 Å². The van der Waals surface area contributed by atoms with Crippen molar-refractivity contribution in [2.24, 2.45) is 5.92 Å². The van der Waals surface area contributed by atoms with Crippen LogP contribution in [-0.2, 0) is 0 Å². The zero-order valence-electron chi connectivity index (χ0n) is 11.4. The molecule has 0 unspecified atom stereocenters. The molecule has 20 heavy (non-hydrogen) atoms. The monoisotopic (exact) mass is 278 g/mol. The molecule has 0 aromatic carbocycles. The van der Waals surface area contributed by atoms with Crippen molar-refractivity contribution >= 4 is 6.03 Å². The molecule has 2 aliphatic heterocycles. The van der Waals surface area contributed by atoms with Crippen molar-refractivity contribution < 1.29 is 14.4 Å². The van der Waals surface area contributed by atoms with Crippen molar-refractivity contribution in [3.05, 3.63) is 11.8 Å². The molecule has 1 N–H and O–H groups in total. The lowest BCUT2D eigenvalue weighted by Crippen LogP contribution is -2.34. The van der Waals surface area contributed by atoms with Crippen LogP contribution in [0.3, 0.4) is 0 Å². The van der Waals surface area contributed by atoms with Crippen molar-refractivity contribution in [1.82, 2.24) is 20.2 Å². The highest BCUT2D eigenvalue weighted by Gasteiger charge is 2.46. The number of hydroxylamine groups is 2. The Kier molecular flexibility index (Phi) is 2.54. The van der Waals surface area contributed by atoms with Crippen molar-refractivity contribution in [1.29, 1.82) is 0 Å². The number of urea groups is 1. The molecule has 4 rings (SSSR count). The molecule has 0 spiro atoms. The highest BCUT2D eigenvalue weighted by molar-refractivity contribution is 5.76. The molecule has 1 saturated carbocycles. The molecule has 1 aliphatic carbocycles. The molecule has 7 nitrogen and oxygen atoms in total. The molecular weight excluding hydrogens is 260 g/mol. The first kappa shape index (κ1) is 12.1. The first-order valence-electron chi connectivity index (χ1n) is 7.25. The summed E-state index contributed by atoms with van der Waals surface area (Å²) in [6.45, 7) is 2.76. The molecule has 108 valence electrons. The second-order valence-electron chi connectivity index (χ2n) is 6.28. The third-order valence-electron chi connectivity index (χ3n) is 4.81. The van der Waals surface area contributed by atoms with Crippen LogP contribution in [0.25, 0.3) is 0 Å². The Morgan fingerprint density at radius 3 is 2.75 bits per heavy atom. The van der Waals surface area contributed by atoms with E-state index in [1.807, 2.05) is 0 Å². The van der Waals surface area contributed by atoms with Gasteiger partial charge in [-0.15, -0.1) is 10.2 Å². The van der Waals surface area contributed by atoms with Crippen LogP contribution < -0.4 is 0 Å². The number of aromatic nitrogens is 2. The summed E-state index contributed by atoms with van der Waals surface area (Å²) in [5.41, 5.74) is 0. The number of nitrogens with zero attached hydrogens (tertiary/aromatic N) is 4. The van der Waals surface area contributed by atoms with Gasteiger partial charge < -0.3 is 9.32 Å². The first-order valence-corrected chi connectivity index (χ1v) is 7.25. The van der Waals surface area contributed by atoms with E-state index in [0.717, 1.165) is 36.7 Å². The Labute approximate surface area is 116 Å². The van der Waals surface area contributed by atoms with Gasteiger partial charge in [0.25, 0.3) is 0 Å². The summed E-state index contributed by atoms with van der Waals surface area (Å²) in [4.78, 5) is 13.6. The maximum Gasteiger partial charge on any atom is 0.344 e. The van der Waals surface area contributed by atoms with Crippen molar-refractivity contribution in [3.63, 3.8) is 0 Å². The molecule has 1 aromatic heterocycles. The topological polar surface area (TPSA) is 82.7 Å². The standard InChI is InChI=1S/C13H18N4O3/c1-7-4-8(5-7)11-14-15-12(20-11)10-3-2-9-6-16(10)13(18)17(9)19/h7-10,19H,2-6H2,1H3/t7-,8-,9-,10+/m1/s1. The Morgan fingerprint density at radius 1 is 1.25 bits per heavy atom. The lowest BCUT2D eigenvalue weighted by Gasteiger charge is -2.30. The second kappa shape index (κ2) is 4.18. The van der Waals surface area contributed by atoms with Gasteiger partial charge in [0.05, 0.1) is 6.04 Å². The average Bonchev–Trinajstić information content (AvgIpc) is 2.97. The molecule has 7 heteroatoms. The quantitative estimate of drug-likeness (QED) is 0.835. The third kappa shape index (κ3) is 1.65. The lowest BCUT2D eigenvalue weighted by molar-refractivity contribution is -0.0584. The van der Waals surface area contributed by atoms with Crippen molar-refractivity contribution in [2.75, 3.05) is 6.54 Å². The summed E-state index contributed by atoms with van der Waals surface area (Å²) in [7, 11) is 0. The fourth-order valence-electron chi connectivity index (χ4n) is 3.56. The van der Waals surface area contributed by atoms with E-state index in [1.165, 1.54) is 0 Å². The number of hydrogen-bond donors (Lipinski definition) is 1. The maximum absolute atomic E-state index is 11.9. The number of fused-ring (bicyclic) bond motifs is 2. The van der Waals surface area contributed by atoms with Crippen molar-refractivity contribution in [3.8, 4) is 0 Å². The van der Waals surface area contributed by atoms with Gasteiger partial charge in [-0.3, -0.25) is 5.21 Å². The van der Waals surface area contributed by atoms with Gasteiger partial charge in [-0.2, -0.15) is 0 Å². The SMILES string of the molecule is C[C@H]1C[C@H](c2nnc([C@@H]3CC[C@@H]4CN3C(=O)N4O)o2)C1. The molecule has 2 atom stereocenters. The van der Waals surface area contributed by atoms with Gasteiger partial charge in [0.15, 0.2) is 0 Å². The zero-order chi connectivity index (χ0) is 13.9. The Hall–Kier alpha value is -1.63. The fourth-order valence-corrected chi connectivity index (χ4v) is 3.56. The van der Waals surface area contributed by atoms with E-state index in [9.17, 15) is 10.0 Å². The number of carbonyl (C=O) groups excluding carboxylic acids is 1. The predicted molar refractivity (Wildman–Crippen MR) is 66.9 cm³/mol. The molecule has 3 aliphatic rings. The highest BCUT2D eigenvalue weighted by Crippen LogP contribution is 2.42. The molecule has 1 aromatic rings. The van der Waals surface area contributed by atoms with Crippen LogP contribution in [0.4, 0.5) is 4.79 Å². The van der Waals surface area contributed by atoms with Gasteiger partial charge in [-0.1, -0.05) is 6.92 Å². The molecule has 2 amide bonds. The van der Waals surface area contributed by atoms with Gasteiger partial charge >= 0.3 is 6.03 Å². The number of piperidine rings is 1. The van der Waals surface area contributed by atoms with Gasteiger partial charge in [0.1, 0.15) is 6.04 Å². The van der Waals surface area contributed by atoms with E-state index >= 15 is 0 Å². The minimum atomic E-state index is -0.352. The largest absolute Gasteiger partial charge is 0.423 e. The summed E-state index contributed by atoms with van der Waals surface area (Å²) in [6, 6.07) is -0.627. The van der Waals surface area contributed by atoms with Crippen LogP contribution >= 0.6 is 0 Å². The molecular formula is C13H18N4O3. The first-order chi connectivity index (χ1) is 9.63. The molecule has 2 bridgehead atoms. The predicted octanol–water partition coefficient (Wildman–Crippen LogP) is 1.91. The third-order valence-corrected chi connectivity index (χ3v) is 4.81. The van der Waals surface area contributed by atoms with Gasteiger partial charge in [-0.25, -0.2) is 9.86 Å². The molecule has 2 saturated heterocycles. The fraction of sp³-hybridized carbons (Fsp3) is 0.769. The zero-order valence-corrected chi connectivity index (χ0v) is 11.4. The lowest BCUT2D eigenvalue weighted by atomic mass is 9.76. The van der Waals surface area contributed by atoms with E-state index in [1.54, 1.807) is 4.90 Å². The minimum Gasteiger partial charge on any atom is -0.423 e. The van der Waals surface area contributed by atoms with Crippen LogP contribution in [0.2, 0.25) is 0 Å². The van der Waals surface area contributed by atoms with Crippen LogP contribution in [0.1, 0.15) is 56.3 Å². The summed E-state index contributed by atoms with van der Waals surface area (Å²) < 4.78 is 5.79. The molecule has 3 heterocycles. The van der Waals surface area contributed by atoms with Crippen LogP contribution in [0.5, 0.6) is 0 Å². The van der Waals surface area contributed by atoms with E-state index in [4.69, 9.17) is 4.42 Å². The van der Waals surface area contributed by atoms with E-state index in [2.05, 4.69) is 17.1 Å². The van der Waals surface area contributed by atoms with Crippen LogP contribution in [0, 0.1) is 5.92 Å². The summed E-state index contributed by atoms with van der Waals surface area (Å²) in [5.74, 6) is 2.33. The van der Waals surface area contributed by atoms with Gasteiger partial charge in [0, 0.05) is 12.5 Å². The maximum atomic E-state index is 11.9. The number of hydrogen-bond acceptors (Lipinski definition) is 5. The van der Waals surface area contributed by atoms with Crippen molar-refractivity contribution in [2.45, 2.75) is 50.6 Å². The Balaban J connectivity index is 1.54. The number of carbonyl (C=O) groups is 1. The van der Waals surface area contributed by atoms with E-state index < -0.39 is 0 Å². The normalized spacial score (nSPS) is 36.4. The number of rotatable bonds is 2. The highest BCUT2D eigenvalue weighted by atomic mass is 16.5. The number of amides is 2. The Morgan fingerprint density at radius 2 is 2.00 bits per heavy atom. The van der Waals surface area contributed by atoms with Gasteiger partial charge in [-0.05, 0) is 31.6 Å². The Bertz CT molecular complexity index is 539. The molecule has 0 radical (unpaired) electrons. The molecule has 3 fully saturated rings. The summed E-state index contributed by atoms with van der Waals surface area (Å²) in [5, 5.41) is 18.8. The smallest absolute Gasteiger partial charge is 0.344 e. The van der Waals surface area contributed by atoms with Crippen LogP contribution in [-0.4, -0.2) is 44.0 Å². The van der Waals surface area contributed by atoms with E-state index in [0.29, 0.717) is 24.2 Å².